The summed E-state index contributed by atoms with van der Waals surface area (Å²) in [6.07, 6.45) is 4.46. The molecular formula is C40H30N2. The first-order valence-corrected chi connectivity index (χ1v) is 14.6. The molecule has 200 valence electrons. The molecule has 8 aromatic rings. The van der Waals surface area contributed by atoms with Crippen molar-refractivity contribution in [3.63, 3.8) is 0 Å². The van der Waals surface area contributed by atoms with Crippen LogP contribution in [0.2, 0.25) is 0 Å². The molecular weight excluding hydrogens is 508 g/mol. The third-order valence-corrected chi connectivity index (χ3v) is 8.63. The van der Waals surface area contributed by atoms with E-state index in [0.717, 1.165) is 0 Å². The fourth-order valence-corrected chi connectivity index (χ4v) is 6.77. The van der Waals surface area contributed by atoms with Gasteiger partial charge in [0.15, 0.2) is 0 Å². The maximum absolute atomic E-state index is 2.42. The summed E-state index contributed by atoms with van der Waals surface area (Å²) in [7, 11) is 0. The minimum absolute atomic E-state index is 1.18. The average molecular weight is 539 g/mol. The third kappa shape index (κ3) is 3.59. The van der Waals surface area contributed by atoms with Crippen LogP contribution in [0.25, 0.3) is 78.1 Å². The molecule has 0 saturated heterocycles. The second-order valence-electron chi connectivity index (χ2n) is 10.9. The zero-order valence-electron chi connectivity index (χ0n) is 23.8. The van der Waals surface area contributed by atoms with Gasteiger partial charge in [0.2, 0.25) is 0 Å². The van der Waals surface area contributed by atoms with Gasteiger partial charge >= 0.3 is 0 Å². The van der Waals surface area contributed by atoms with Crippen molar-refractivity contribution in [2.75, 3.05) is 0 Å². The molecule has 0 aliphatic carbocycles. The summed E-state index contributed by atoms with van der Waals surface area (Å²) in [5, 5.41) is 8.81. The highest BCUT2D eigenvalue weighted by atomic mass is 15.0. The Bertz CT molecular complexity index is 2420. The number of para-hydroxylation sites is 2. The molecule has 8 rings (SSSR count). The number of nitrogens with zero attached hydrogens (tertiary/aromatic N) is 2. The molecule has 2 heteroatoms. The Balaban J connectivity index is 1.37. The van der Waals surface area contributed by atoms with Crippen LogP contribution in [0.15, 0.2) is 133 Å². The first-order chi connectivity index (χ1) is 20.8. The van der Waals surface area contributed by atoms with Crippen LogP contribution >= 0.6 is 0 Å². The fourth-order valence-electron chi connectivity index (χ4n) is 6.77. The van der Waals surface area contributed by atoms with Crippen LogP contribution in [-0.4, -0.2) is 9.13 Å². The van der Waals surface area contributed by atoms with E-state index in [1.807, 2.05) is 0 Å². The second kappa shape index (κ2) is 9.64. The molecule has 0 aliphatic rings. The fraction of sp³-hybridized carbons (Fsp3) is 0.0500. The summed E-state index contributed by atoms with van der Waals surface area (Å²) in [6.45, 7) is 4.26. The van der Waals surface area contributed by atoms with Crippen molar-refractivity contribution in [2.45, 2.75) is 13.8 Å². The van der Waals surface area contributed by atoms with Crippen LogP contribution in [0.4, 0.5) is 0 Å². The highest BCUT2D eigenvalue weighted by Crippen LogP contribution is 2.37. The van der Waals surface area contributed by atoms with Gasteiger partial charge in [-0.15, -0.1) is 0 Å². The summed E-state index contributed by atoms with van der Waals surface area (Å²) < 4.78 is 4.79. The minimum atomic E-state index is 1.18. The molecule has 0 fully saturated rings. The molecule has 0 amide bonds. The molecule has 2 aromatic heterocycles. The molecule has 42 heavy (non-hydrogen) atoms. The zero-order chi connectivity index (χ0) is 28.2. The molecule has 0 saturated carbocycles. The Labute approximate surface area is 244 Å². The van der Waals surface area contributed by atoms with Gasteiger partial charge < -0.3 is 9.13 Å². The SMILES string of the molecule is C/C=c1\c(=C/C)n(-c2ccccc2)c2ccc(-c3ccc4c(c3)c3ccccc3n4-c3cccc4ccccc34)cc12. The lowest BCUT2D eigenvalue weighted by Crippen LogP contribution is -2.27. The van der Waals surface area contributed by atoms with E-state index in [4.69, 9.17) is 0 Å². The number of hydrogen-bond donors (Lipinski definition) is 0. The largest absolute Gasteiger partial charge is 0.310 e. The quantitative estimate of drug-likeness (QED) is 0.212. The maximum atomic E-state index is 2.42. The normalized spacial score (nSPS) is 12.8. The number of fused-ring (bicyclic) bond motifs is 5. The first-order valence-electron chi connectivity index (χ1n) is 14.6. The first kappa shape index (κ1) is 24.5. The van der Waals surface area contributed by atoms with Gasteiger partial charge in [0, 0.05) is 37.8 Å². The molecule has 0 N–H and O–H groups in total. The summed E-state index contributed by atoms with van der Waals surface area (Å²) in [6, 6.07) is 48.5. The van der Waals surface area contributed by atoms with Crippen molar-refractivity contribution in [3.8, 4) is 22.5 Å². The van der Waals surface area contributed by atoms with Gasteiger partial charge in [0.25, 0.3) is 0 Å². The highest BCUT2D eigenvalue weighted by molar-refractivity contribution is 6.11. The number of rotatable bonds is 3. The van der Waals surface area contributed by atoms with E-state index >= 15 is 0 Å². The topological polar surface area (TPSA) is 9.86 Å². The van der Waals surface area contributed by atoms with Crippen molar-refractivity contribution in [1.29, 1.82) is 0 Å². The Hall–Kier alpha value is -5.34. The standard InChI is InChI=1S/C40H30N2/c1-3-31-34-25-28(21-23-39(34)41(36(31)4-2)30-15-6-5-7-16-30)29-22-24-40-35(26-29)33-18-10-11-19-38(33)42(40)37-20-12-14-27-13-8-9-17-32(27)37/h3-26H,1-2H3/b31-3-,36-4+. The van der Waals surface area contributed by atoms with Gasteiger partial charge in [-0.3, -0.25) is 0 Å². The molecule has 0 radical (unpaired) electrons. The van der Waals surface area contributed by atoms with Gasteiger partial charge in [-0.25, -0.2) is 0 Å². The van der Waals surface area contributed by atoms with E-state index in [0.29, 0.717) is 0 Å². The maximum Gasteiger partial charge on any atom is 0.0541 e. The zero-order valence-corrected chi connectivity index (χ0v) is 23.8. The summed E-state index contributed by atoms with van der Waals surface area (Å²) >= 11 is 0. The van der Waals surface area contributed by atoms with Gasteiger partial charge in [-0.1, -0.05) is 97.1 Å². The van der Waals surface area contributed by atoms with Crippen molar-refractivity contribution < 1.29 is 0 Å². The van der Waals surface area contributed by atoms with E-state index in [1.54, 1.807) is 0 Å². The van der Waals surface area contributed by atoms with E-state index in [9.17, 15) is 0 Å². The van der Waals surface area contributed by atoms with Crippen molar-refractivity contribution in [3.05, 3.63) is 144 Å². The Kier molecular flexibility index (Phi) is 5.61. The van der Waals surface area contributed by atoms with Gasteiger partial charge in [0.05, 0.1) is 22.2 Å². The van der Waals surface area contributed by atoms with Crippen molar-refractivity contribution >= 4 is 55.6 Å². The van der Waals surface area contributed by atoms with Gasteiger partial charge in [0.1, 0.15) is 0 Å². The lowest BCUT2D eigenvalue weighted by Gasteiger charge is -2.12. The van der Waals surface area contributed by atoms with Crippen molar-refractivity contribution in [1.82, 2.24) is 9.13 Å². The minimum Gasteiger partial charge on any atom is -0.310 e. The van der Waals surface area contributed by atoms with Crippen LogP contribution in [0, 0.1) is 0 Å². The van der Waals surface area contributed by atoms with E-state index in [2.05, 4.69) is 169 Å². The average Bonchev–Trinajstić information content (AvgIpc) is 3.56. The lowest BCUT2D eigenvalue weighted by molar-refractivity contribution is 1.07. The van der Waals surface area contributed by atoms with Gasteiger partial charge in [-0.05, 0) is 78.9 Å². The molecule has 0 atom stereocenters. The molecule has 2 heterocycles. The van der Waals surface area contributed by atoms with E-state index in [-0.39, 0.29) is 0 Å². The summed E-state index contributed by atoms with van der Waals surface area (Å²) in [5.74, 6) is 0. The second-order valence-corrected chi connectivity index (χ2v) is 10.9. The number of hydrogen-bond acceptors (Lipinski definition) is 0. The number of aromatic nitrogens is 2. The highest BCUT2D eigenvalue weighted by Gasteiger charge is 2.16. The van der Waals surface area contributed by atoms with Crippen LogP contribution < -0.4 is 10.6 Å². The van der Waals surface area contributed by atoms with Crippen molar-refractivity contribution in [2.24, 2.45) is 0 Å². The molecule has 0 spiro atoms. The van der Waals surface area contributed by atoms with E-state index < -0.39 is 0 Å². The lowest BCUT2D eigenvalue weighted by atomic mass is 10.0. The smallest absolute Gasteiger partial charge is 0.0541 e. The predicted octanol–water partition coefficient (Wildman–Crippen LogP) is 9.15. The van der Waals surface area contributed by atoms with Gasteiger partial charge in [-0.2, -0.15) is 0 Å². The van der Waals surface area contributed by atoms with Crippen LogP contribution in [0.3, 0.4) is 0 Å². The third-order valence-electron chi connectivity index (χ3n) is 8.63. The van der Waals surface area contributed by atoms with Crippen LogP contribution in [0.1, 0.15) is 13.8 Å². The van der Waals surface area contributed by atoms with Crippen LogP contribution in [-0.2, 0) is 0 Å². The predicted molar refractivity (Wildman–Crippen MR) is 180 cm³/mol. The molecule has 2 nitrogen and oxygen atoms in total. The molecule has 0 unspecified atom stereocenters. The Morgan fingerprint density at radius 2 is 1.07 bits per heavy atom. The summed E-state index contributed by atoms with van der Waals surface area (Å²) in [5.41, 5.74) is 8.51. The van der Waals surface area contributed by atoms with E-state index in [1.165, 1.54) is 76.6 Å². The Morgan fingerprint density at radius 3 is 1.83 bits per heavy atom. The molecule has 0 bridgehead atoms. The molecule has 0 aliphatic heterocycles. The number of benzene rings is 6. The Morgan fingerprint density at radius 1 is 0.452 bits per heavy atom. The monoisotopic (exact) mass is 538 g/mol. The molecule has 6 aromatic carbocycles. The summed E-state index contributed by atoms with van der Waals surface area (Å²) in [4.78, 5) is 0. The van der Waals surface area contributed by atoms with Crippen LogP contribution in [0.5, 0.6) is 0 Å².